The Labute approximate surface area is 204 Å². The predicted octanol–water partition coefficient (Wildman–Crippen LogP) is 4.93. The molecule has 0 N–H and O–H groups in total. The lowest BCUT2D eigenvalue weighted by Gasteiger charge is -2.18. The van der Waals surface area contributed by atoms with E-state index in [0.717, 1.165) is 28.6 Å². The lowest BCUT2D eigenvalue weighted by molar-refractivity contribution is 0.0781. The number of carbonyl (C=O) groups excluding carboxylic acids is 1. The van der Waals surface area contributed by atoms with Gasteiger partial charge in [-0.05, 0) is 23.8 Å². The van der Waals surface area contributed by atoms with Crippen molar-refractivity contribution in [1.29, 1.82) is 0 Å². The minimum Gasteiger partial charge on any atom is -0.337 e. The molecule has 3 aromatic carbocycles. The van der Waals surface area contributed by atoms with Crippen LogP contribution in [-0.4, -0.2) is 42.3 Å². The zero-order valence-corrected chi connectivity index (χ0v) is 20.4. The summed E-state index contributed by atoms with van der Waals surface area (Å²) in [5.74, 6) is -0.376. The molecule has 4 rings (SSSR count). The zero-order chi connectivity index (χ0) is 24.3. The van der Waals surface area contributed by atoms with E-state index in [4.69, 9.17) is 16.7 Å². The summed E-state index contributed by atoms with van der Waals surface area (Å²) >= 11 is 6.34. The number of halogens is 1. The van der Waals surface area contributed by atoms with E-state index in [0.29, 0.717) is 11.6 Å². The van der Waals surface area contributed by atoms with Crippen molar-refractivity contribution in [3.8, 4) is 11.3 Å². The number of rotatable bonds is 7. The molecule has 0 saturated carbocycles. The molecule has 34 heavy (non-hydrogen) atoms. The first-order valence-electron chi connectivity index (χ1n) is 10.6. The van der Waals surface area contributed by atoms with Gasteiger partial charge in [0.05, 0.1) is 22.7 Å². The number of hydrogen-bond acceptors (Lipinski definition) is 4. The van der Waals surface area contributed by atoms with Crippen LogP contribution in [0, 0.1) is 0 Å². The molecule has 0 aliphatic rings. The molecule has 1 heterocycles. The first-order valence-corrected chi connectivity index (χ1v) is 12.9. The second kappa shape index (κ2) is 9.83. The topological polar surface area (TPSA) is 72.3 Å². The lowest BCUT2D eigenvalue weighted by Crippen LogP contribution is -2.27. The molecule has 4 aromatic rings. The van der Waals surface area contributed by atoms with Crippen molar-refractivity contribution in [3.05, 3.63) is 107 Å². The van der Waals surface area contributed by atoms with Crippen LogP contribution in [-0.2, 0) is 22.9 Å². The summed E-state index contributed by atoms with van der Waals surface area (Å²) in [6.07, 6.45) is 3.00. The summed E-state index contributed by atoms with van der Waals surface area (Å²) in [6, 6.07) is 23.6. The minimum absolute atomic E-state index is 0.0181. The molecular formula is C26H24ClN3O3S. The van der Waals surface area contributed by atoms with Gasteiger partial charge in [-0.15, -0.1) is 0 Å². The van der Waals surface area contributed by atoms with E-state index in [2.05, 4.69) is 0 Å². The Morgan fingerprint density at radius 3 is 2.29 bits per heavy atom. The zero-order valence-electron chi connectivity index (χ0n) is 18.8. The highest BCUT2D eigenvalue weighted by atomic mass is 35.5. The van der Waals surface area contributed by atoms with Crippen LogP contribution in [0.15, 0.2) is 90.0 Å². The predicted molar refractivity (Wildman–Crippen MR) is 134 cm³/mol. The molecule has 6 nitrogen and oxygen atoms in total. The maximum Gasteiger partial charge on any atom is 0.255 e. The van der Waals surface area contributed by atoms with Crippen LogP contribution >= 0.6 is 11.6 Å². The summed E-state index contributed by atoms with van der Waals surface area (Å²) in [4.78, 5) is 14.7. The molecule has 174 valence electrons. The van der Waals surface area contributed by atoms with Gasteiger partial charge in [0.25, 0.3) is 5.91 Å². The van der Waals surface area contributed by atoms with Gasteiger partial charge in [-0.25, -0.2) is 8.42 Å². The van der Waals surface area contributed by atoms with E-state index in [9.17, 15) is 13.2 Å². The third kappa shape index (κ3) is 5.21. The van der Waals surface area contributed by atoms with Crippen molar-refractivity contribution in [2.75, 3.05) is 13.3 Å². The van der Waals surface area contributed by atoms with Crippen LogP contribution in [0.4, 0.5) is 0 Å². The number of benzene rings is 3. The Hall–Kier alpha value is -3.42. The Kier molecular flexibility index (Phi) is 6.86. The molecule has 0 radical (unpaired) electrons. The van der Waals surface area contributed by atoms with Crippen LogP contribution in [0.25, 0.3) is 11.3 Å². The number of hydrogen-bond donors (Lipinski definition) is 0. The SMILES string of the molecule is CN(Cc1cn(Cc2ccccc2Cl)nc1-c1ccccc1)C(=O)c1ccccc1S(C)(=O)=O. The van der Waals surface area contributed by atoms with E-state index in [1.807, 2.05) is 65.5 Å². The Morgan fingerprint density at radius 2 is 1.59 bits per heavy atom. The van der Waals surface area contributed by atoms with Gasteiger partial charge in [0, 0.05) is 42.2 Å². The van der Waals surface area contributed by atoms with Gasteiger partial charge in [-0.3, -0.25) is 9.48 Å². The summed E-state index contributed by atoms with van der Waals surface area (Å²) in [7, 11) is -1.89. The molecule has 0 bridgehead atoms. The molecule has 0 spiro atoms. The van der Waals surface area contributed by atoms with Gasteiger partial charge in [0.2, 0.25) is 0 Å². The van der Waals surface area contributed by atoms with Gasteiger partial charge in [-0.1, -0.05) is 72.3 Å². The van der Waals surface area contributed by atoms with Gasteiger partial charge < -0.3 is 4.90 Å². The lowest BCUT2D eigenvalue weighted by atomic mass is 10.1. The van der Waals surface area contributed by atoms with E-state index in [-0.39, 0.29) is 22.9 Å². The number of nitrogens with zero attached hydrogens (tertiary/aromatic N) is 3. The van der Waals surface area contributed by atoms with Crippen LogP contribution in [0.5, 0.6) is 0 Å². The average molecular weight is 494 g/mol. The van der Waals surface area contributed by atoms with Gasteiger partial charge in [0.1, 0.15) is 0 Å². The van der Waals surface area contributed by atoms with Crippen molar-refractivity contribution in [2.45, 2.75) is 18.0 Å². The Bertz CT molecular complexity index is 1430. The maximum atomic E-state index is 13.2. The van der Waals surface area contributed by atoms with E-state index >= 15 is 0 Å². The fourth-order valence-corrected chi connectivity index (χ4v) is 4.88. The van der Waals surface area contributed by atoms with Crippen molar-refractivity contribution in [1.82, 2.24) is 14.7 Å². The molecule has 0 unspecified atom stereocenters. The molecule has 0 atom stereocenters. The molecule has 0 aliphatic heterocycles. The second-order valence-electron chi connectivity index (χ2n) is 8.09. The Morgan fingerprint density at radius 1 is 0.941 bits per heavy atom. The maximum absolute atomic E-state index is 13.2. The van der Waals surface area contributed by atoms with Gasteiger partial charge in [-0.2, -0.15) is 5.10 Å². The normalized spacial score (nSPS) is 11.4. The minimum atomic E-state index is -3.55. The van der Waals surface area contributed by atoms with E-state index < -0.39 is 9.84 Å². The fraction of sp³-hybridized carbons (Fsp3) is 0.154. The standard InChI is InChI=1S/C26H24ClN3O3S/c1-29(26(31)22-13-7-9-15-24(22)34(2,32)33)16-21-18-30(17-20-12-6-8-14-23(20)27)28-25(21)19-10-4-3-5-11-19/h3-15,18H,16-17H2,1-2H3. The number of carbonyl (C=O) groups is 1. The first kappa shape index (κ1) is 23.7. The molecule has 0 fully saturated rings. The second-order valence-corrected chi connectivity index (χ2v) is 10.5. The number of amides is 1. The van der Waals surface area contributed by atoms with Crippen LogP contribution in [0.1, 0.15) is 21.5 Å². The molecular weight excluding hydrogens is 470 g/mol. The summed E-state index contributed by atoms with van der Waals surface area (Å²) in [5.41, 5.74) is 3.60. The highest BCUT2D eigenvalue weighted by Crippen LogP contribution is 2.26. The van der Waals surface area contributed by atoms with Gasteiger partial charge in [0.15, 0.2) is 9.84 Å². The molecule has 0 saturated heterocycles. The van der Waals surface area contributed by atoms with E-state index in [1.54, 1.807) is 19.2 Å². The highest BCUT2D eigenvalue weighted by molar-refractivity contribution is 7.90. The third-order valence-electron chi connectivity index (χ3n) is 5.45. The van der Waals surface area contributed by atoms with Crippen LogP contribution in [0.3, 0.4) is 0 Å². The molecule has 8 heteroatoms. The van der Waals surface area contributed by atoms with Crippen LogP contribution in [0.2, 0.25) is 5.02 Å². The Balaban J connectivity index is 1.68. The van der Waals surface area contributed by atoms with Crippen molar-refractivity contribution in [2.24, 2.45) is 0 Å². The molecule has 1 aromatic heterocycles. The smallest absolute Gasteiger partial charge is 0.255 e. The quantitative estimate of drug-likeness (QED) is 0.366. The average Bonchev–Trinajstić information content (AvgIpc) is 3.22. The van der Waals surface area contributed by atoms with Crippen LogP contribution < -0.4 is 0 Å². The summed E-state index contributed by atoms with van der Waals surface area (Å²) in [5, 5.41) is 5.44. The van der Waals surface area contributed by atoms with Crippen molar-refractivity contribution < 1.29 is 13.2 Å². The highest BCUT2D eigenvalue weighted by Gasteiger charge is 2.22. The number of aromatic nitrogens is 2. The molecule has 0 aliphatic carbocycles. The molecule has 1 amide bonds. The fourth-order valence-electron chi connectivity index (χ4n) is 3.80. The first-order chi connectivity index (χ1) is 16.2. The largest absolute Gasteiger partial charge is 0.337 e. The summed E-state index contributed by atoms with van der Waals surface area (Å²) < 4.78 is 26.2. The van der Waals surface area contributed by atoms with E-state index in [1.165, 1.54) is 17.0 Å². The summed E-state index contributed by atoms with van der Waals surface area (Å²) in [6.45, 7) is 0.734. The number of sulfone groups is 1. The van der Waals surface area contributed by atoms with Gasteiger partial charge >= 0.3 is 0 Å². The van der Waals surface area contributed by atoms with Crippen molar-refractivity contribution >= 4 is 27.3 Å². The monoisotopic (exact) mass is 493 g/mol. The third-order valence-corrected chi connectivity index (χ3v) is 6.97. The van der Waals surface area contributed by atoms with Crippen molar-refractivity contribution in [3.63, 3.8) is 0 Å².